The third-order valence-electron chi connectivity index (χ3n) is 5.37. The molecule has 4 rings (SSSR count). The molecule has 2 aliphatic rings. The van der Waals surface area contributed by atoms with Gasteiger partial charge in [0.25, 0.3) is 0 Å². The molecule has 0 aliphatic carbocycles. The van der Waals surface area contributed by atoms with E-state index in [0.717, 1.165) is 38.0 Å². The molecule has 0 saturated carbocycles. The van der Waals surface area contributed by atoms with Gasteiger partial charge in [-0.05, 0) is 36.1 Å². The molecule has 4 heteroatoms. The fourth-order valence-corrected chi connectivity index (χ4v) is 4.07. The number of nitrogens with zero attached hydrogens (tertiary/aromatic N) is 2. The third kappa shape index (κ3) is 2.92. The smallest absolute Gasteiger partial charge is 0.146 e. The van der Waals surface area contributed by atoms with Crippen LogP contribution >= 0.6 is 0 Å². The van der Waals surface area contributed by atoms with Gasteiger partial charge in [-0.2, -0.15) is 0 Å². The summed E-state index contributed by atoms with van der Waals surface area (Å²) in [5.41, 5.74) is 3.00. The first-order valence-electron chi connectivity index (χ1n) is 8.72. The van der Waals surface area contributed by atoms with Crippen LogP contribution in [0.2, 0.25) is 0 Å². The van der Waals surface area contributed by atoms with Gasteiger partial charge >= 0.3 is 0 Å². The van der Waals surface area contributed by atoms with Gasteiger partial charge in [-0.25, -0.2) is 4.39 Å². The standard InChI is InChI=1S/C20H23FN2O/c21-18-7-3-4-8-19(18)22-11-9-16(10-12-22)23-13-15-5-1-2-6-17(15)20(24)14-23/h1-8,16,20,24H,9-14H2. The van der Waals surface area contributed by atoms with Crippen LogP contribution in [-0.4, -0.2) is 35.7 Å². The van der Waals surface area contributed by atoms with E-state index in [2.05, 4.69) is 15.9 Å². The Hall–Kier alpha value is -1.91. The molecule has 0 aromatic heterocycles. The van der Waals surface area contributed by atoms with Crippen molar-refractivity contribution < 1.29 is 9.50 Å². The SMILES string of the molecule is OC1CN(C2CCN(c3ccccc3F)CC2)Cc2ccccc21. The zero-order valence-corrected chi connectivity index (χ0v) is 13.7. The molecule has 1 unspecified atom stereocenters. The van der Waals surface area contributed by atoms with Crippen LogP contribution in [0.25, 0.3) is 0 Å². The highest BCUT2D eigenvalue weighted by atomic mass is 19.1. The van der Waals surface area contributed by atoms with E-state index in [9.17, 15) is 9.50 Å². The number of hydrogen-bond donors (Lipinski definition) is 1. The summed E-state index contributed by atoms with van der Waals surface area (Å²) >= 11 is 0. The molecule has 1 saturated heterocycles. The van der Waals surface area contributed by atoms with E-state index in [-0.39, 0.29) is 5.82 Å². The number of benzene rings is 2. The van der Waals surface area contributed by atoms with Gasteiger partial charge < -0.3 is 10.0 Å². The molecule has 2 aromatic rings. The Bertz CT molecular complexity index is 712. The average molecular weight is 326 g/mol. The Morgan fingerprint density at radius 1 is 0.958 bits per heavy atom. The maximum absolute atomic E-state index is 14.0. The number of halogens is 1. The molecule has 1 atom stereocenters. The molecule has 0 spiro atoms. The molecular weight excluding hydrogens is 303 g/mol. The molecule has 2 aliphatic heterocycles. The van der Waals surface area contributed by atoms with Crippen molar-refractivity contribution in [2.75, 3.05) is 24.5 Å². The number of piperidine rings is 1. The summed E-state index contributed by atoms with van der Waals surface area (Å²) in [6.07, 6.45) is 1.60. The Labute approximate surface area is 142 Å². The predicted molar refractivity (Wildman–Crippen MR) is 93.4 cm³/mol. The van der Waals surface area contributed by atoms with E-state index >= 15 is 0 Å². The van der Waals surface area contributed by atoms with E-state index in [1.807, 2.05) is 30.3 Å². The quantitative estimate of drug-likeness (QED) is 0.917. The molecule has 0 radical (unpaired) electrons. The number of hydrogen-bond acceptors (Lipinski definition) is 3. The van der Waals surface area contributed by atoms with E-state index in [1.165, 1.54) is 11.6 Å². The highest BCUT2D eigenvalue weighted by Gasteiger charge is 2.31. The second-order valence-corrected chi connectivity index (χ2v) is 6.81. The lowest BCUT2D eigenvalue weighted by Crippen LogP contribution is -2.47. The molecule has 2 aromatic carbocycles. The highest BCUT2D eigenvalue weighted by Crippen LogP contribution is 2.31. The topological polar surface area (TPSA) is 26.7 Å². The molecule has 0 amide bonds. The summed E-state index contributed by atoms with van der Waals surface area (Å²) in [4.78, 5) is 4.53. The summed E-state index contributed by atoms with van der Waals surface area (Å²) in [6.45, 7) is 3.32. The fourth-order valence-electron chi connectivity index (χ4n) is 4.07. The largest absolute Gasteiger partial charge is 0.387 e. The number of anilines is 1. The Morgan fingerprint density at radius 3 is 2.46 bits per heavy atom. The van der Waals surface area contributed by atoms with Gasteiger partial charge in [0.1, 0.15) is 5.82 Å². The minimum atomic E-state index is -0.403. The van der Waals surface area contributed by atoms with Crippen LogP contribution in [0.15, 0.2) is 48.5 Å². The van der Waals surface area contributed by atoms with Crippen LogP contribution in [0.5, 0.6) is 0 Å². The fraction of sp³-hybridized carbons (Fsp3) is 0.400. The van der Waals surface area contributed by atoms with Crippen LogP contribution in [0.3, 0.4) is 0 Å². The Balaban J connectivity index is 1.43. The van der Waals surface area contributed by atoms with Crippen LogP contribution in [-0.2, 0) is 6.54 Å². The normalized spacial score (nSPS) is 22.4. The lowest BCUT2D eigenvalue weighted by molar-refractivity contribution is 0.0568. The molecule has 1 fully saturated rings. The first-order chi connectivity index (χ1) is 11.7. The van der Waals surface area contributed by atoms with E-state index in [1.54, 1.807) is 6.07 Å². The van der Waals surface area contributed by atoms with Gasteiger partial charge in [-0.1, -0.05) is 36.4 Å². The van der Waals surface area contributed by atoms with Crippen molar-refractivity contribution in [3.8, 4) is 0 Å². The van der Waals surface area contributed by atoms with Crippen molar-refractivity contribution in [1.82, 2.24) is 4.90 Å². The van der Waals surface area contributed by atoms with E-state index in [0.29, 0.717) is 18.3 Å². The minimum absolute atomic E-state index is 0.140. The molecule has 1 N–H and O–H groups in total. The van der Waals surface area contributed by atoms with E-state index < -0.39 is 6.10 Å². The first kappa shape index (κ1) is 15.6. The monoisotopic (exact) mass is 326 g/mol. The van der Waals surface area contributed by atoms with E-state index in [4.69, 9.17) is 0 Å². The summed E-state index contributed by atoms with van der Waals surface area (Å²) in [5.74, 6) is -0.140. The van der Waals surface area contributed by atoms with Crippen LogP contribution < -0.4 is 4.90 Å². The van der Waals surface area contributed by atoms with Gasteiger partial charge in [0.2, 0.25) is 0 Å². The molecule has 3 nitrogen and oxygen atoms in total. The van der Waals surface area contributed by atoms with Crippen molar-refractivity contribution >= 4 is 5.69 Å². The zero-order valence-electron chi connectivity index (χ0n) is 13.7. The lowest BCUT2D eigenvalue weighted by Gasteiger charge is -2.42. The Kier molecular flexibility index (Phi) is 4.25. The molecule has 126 valence electrons. The molecule has 24 heavy (non-hydrogen) atoms. The zero-order chi connectivity index (χ0) is 16.5. The van der Waals surface area contributed by atoms with Crippen molar-refractivity contribution in [1.29, 1.82) is 0 Å². The number of β-amino-alcohol motifs (C(OH)–C–C–N with tert-alkyl or cyclic N) is 1. The van der Waals surface area contributed by atoms with Crippen LogP contribution in [0.4, 0.5) is 10.1 Å². The number of aliphatic hydroxyl groups excluding tert-OH is 1. The van der Waals surface area contributed by atoms with Gasteiger partial charge in [0.15, 0.2) is 0 Å². The maximum atomic E-state index is 14.0. The average Bonchev–Trinajstić information content (AvgIpc) is 2.62. The van der Waals surface area contributed by atoms with Gasteiger partial charge in [0.05, 0.1) is 11.8 Å². The molecule has 0 bridgehead atoms. The molecular formula is C20H23FN2O. The third-order valence-corrected chi connectivity index (χ3v) is 5.37. The molecule has 2 heterocycles. The number of fused-ring (bicyclic) bond motifs is 1. The number of rotatable bonds is 2. The highest BCUT2D eigenvalue weighted by molar-refractivity contribution is 5.48. The lowest BCUT2D eigenvalue weighted by atomic mass is 9.93. The number of aliphatic hydroxyl groups is 1. The van der Waals surface area contributed by atoms with Crippen molar-refractivity contribution in [3.63, 3.8) is 0 Å². The second kappa shape index (κ2) is 6.54. The summed E-state index contributed by atoms with van der Waals surface area (Å²) in [7, 11) is 0. The van der Waals surface area contributed by atoms with Crippen LogP contribution in [0, 0.1) is 5.82 Å². The summed E-state index contributed by atoms with van der Waals surface area (Å²) in [6, 6.07) is 15.6. The van der Waals surface area contributed by atoms with Crippen LogP contribution in [0.1, 0.15) is 30.1 Å². The second-order valence-electron chi connectivity index (χ2n) is 6.81. The summed E-state index contributed by atoms with van der Waals surface area (Å²) in [5, 5.41) is 10.4. The number of para-hydroxylation sites is 1. The first-order valence-corrected chi connectivity index (χ1v) is 8.72. The van der Waals surface area contributed by atoms with Gasteiger partial charge in [-0.15, -0.1) is 0 Å². The van der Waals surface area contributed by atoms with Gasteiger partial charge in [0, 0.05) is 32.2 Å². The van der Waals surface area contributed by atoms with Crippen molar-refractivity contribution in [2.24, 2.45) is 0 Å². The Morgan fingerprint density at radius 2 is 1.67 bits per heavy atom. The maximum Gasteiger partial charge on any atom is 0.146 e. The minimum Gasteiger partial charge on any atom is -0.387 e. The van der Waals surface area contributed by atoms with Crippen molar-refractivity contribution in [2.45, 2.75) is 31.5 Å². The van der Waals surface area contributed by atoms with Gasteiger partial charge in [-0.3, -0.25) is 4.90 Å². The van der Waals surface area contributed by atoms with Crippen molar-refractivity contribution in [3.05, 3.63) is 65.5 Å². The summed E-state index contributed by atoms with van der Waals surface area (Å²) < 4.78 is 14.0. The predicted octanol–water partition coefficient (Wildman–Crippen LogP) is 3.34.